The Morgan fingerprint density at radius 2 is 2.29 bits per heavy atom. The van der Waals surface area contributed by atoms with Gasteiger partial charge >= 0.3 is 5.97 Å². The average molecular weight is 234 g/mol. The molecule has 0 heterocycles. The summed E-state index contributed by atoms with van der Waals surface area (Å²) in [5.41, 5.74) is 1.84. The summed E-state index contributed by atoms with van der Waals surface area (Å²) < 4.78 is 4.68. The van der Waals surface area contributed by atoms with Crippen LogP contribution in [0.1, 0.15) is 18.1 Å². The number of phenolic OH excluding ortho intramolecular Hbond substituents is 1. The van der Waals surface area contributed by atoms with Gasteiger partial charge in [0.2, 0.25) is 0 Å². The van der Waals surface area contributed by atoms with Gasteiger partial charge < -0.3 is 9.84 Å². The molecule has 3 heteroatoms. The van der Waals surface area contributed by atoms with Crippen LogP contribution in [-0.4, -0.2) is 18.2 Å². The quantitative estimate of drug-likeness (QED) is 0.629. The first-order chi connectivity index (χ1) is 8.08. The normalized spacial score (nSPS) is 11.9. The lowest BCUT2D eigenvalue weighted by Gasteiger charge is -2.10. The lowest BCUT2D eigenvalue weighted by atomic mass is 9.98. The molecule has 1 aromatic carbocycles. The van der Waals surface area contributed by atoms with E-state index < -0.39 is 0 Å². The van der Waals surface area contributed by atoms with E-state index in [1.165, 1.54) is 7.11 Å². The van der Waals surface area contributed by atoms with Gasteiger partial charge in [0.25, 0.3) is 0 Å². The minimum Gasteiger partial charge on any atom is -0.508 e. The number of hydrogen-bond donors (Lipinski definition) is 1. The molecule has 1 unspecified atom stereocenters. The van der Waals surface area contributed by atoms with Gasteiger partial charge in [0.15, 0.2) is 0 Å². The van der Waals surface area contributed by atoms with Crippen molar-refractivity contribution < 1.29 is 14.6 Å². The maximum Gasteiger partial charge on any atom is 0.308 e. The van der Waals surface area contributed by atoms with Gasteiger partial charge in [0, 0.05) is 0 Å². The minimum atomic E-state index is -0.219. The molecule has 1 aromatic rings. The zero-order valence-corrected chi connectivity index (χ0v) is 10.3. The summed E-state index contributed by atoms with van der Waals surface area (Å²) in [5, 5.41) is 9.62. The van der Waals surface area contributed by atoms with Crippen LogP contribution in [0, 0.1) is 5.92 Å². The average Bonchev–Trinajstić information content (AvgIpc) is 2.32. The Morgan fingerprint density at radius 1 is 1.59 bits per heavy atom. The maximum absolute atomic E-state index is 11.3. The van der Waals surface area contributed by atoms with Crippen LogP contribution in [0.2, 0.25) is 0 Å². The van der Waals surface area contributed by atoms with Crippen molar-refractivity contribution in [2.45, 2.75) is 19.8 Å². The number of benzene rings is 1. The van der Waals surface area contributed by atoms with E-state index in [9.17, 15) is 9.90 Å². The maximum atomic E-state index is 11.3. The highest BCUT2D eigenvalue weighted by molar-refractivity contribution is 5.72. The molecule has 0 aromatic heterocycles. The molecule has 0 aliphatic heterocycles. The summed E-state index contributed by atoms with van der Waals surface area (Å²) in [5.74, 6) is -0.135. The van der Waals surface area contributed by atoms with E-state index in [1.807, 2.05) is 19.1 Å². The molecule has 0 spiro atoms. The molecule has 0 fully saturated rings. The van der Waals surface area contributed by atoms with Crippen LogP contribution in [0.15, 0.2) is 30.9 Å². The fourth-order valence-corrected chi connectivity index (χ4v) is 1.72. The Kier molecular flexibility index (Phi) is 4.76. The third kappa shape index (κ3) is 3.63. The van der Waals surface area contributed by atoms with Crippen LogP contribution in [-0.2, 0) is 22.4 Å². The zero-order valence-electron chi connectivity index (χ0n) is 10.3. The first-order valence-electron chi connectivity index (χ1n) is 5.58. The molecule has 0 amide bonds. The van der Waals surface area contributed by atoms with Gasteiger partial charge in [0.05, 0.1) is 13.0 Å². The van der Waals surface area contributed by atoms with Crippen molar-refractivity contribution in [3.05, 3.63) is 42.0 Å². The van der Waals surface area contributed by atoms with Crippen molar-refractivity contribution in [2.75, 3.05) is 7.11 Å². The summed E-state index contributed by atoms with van der Waals surface area (Å²) >= 11 is 0. The predicted molar refractivity (Wildman–Crippen MR) is 66.9 cm³/mol. The summed E-state index contributed by atoms with van der Waals surface area (Å²) in [4.78, 5) is 11.3. The van der Waals surface area contributed by atoms with E-state index >= 15 is 0 Å². The molecule has 3 nitrogen and oxygen atoms in total. The van der Waals surface area contributed by atoms with Crippen LogP contribution < -0.4 is 0 Å². The number of phenols is 1. The third-order valence-corrected chi connectivity index (χ3v) is 2.65. The Labute approximate surface area is 102 Å². The zero-order chi connectivity index (χ0) is 12.8. The molecule has 0 saturated carbocycles. The highest BCUT2D eigenvalue weighted by Gasteiger charge is 2.14. The summed E-state index contributed by atoms with van der Waals surface area (Å²) in [6.45, 7) is 5.47. The Morgan fingerprint density at radius 3 is 2.88 bits per heavy atom. The molecule has 92 valence electrons. The molecule has 17 heavy (non-hydrogen) atoms. The molecule has 0 saturated heterocycles. The van der Waals surface area contributed by atoms with Gasteiger partial charge in [-0.05, 0) is 30.0 Å². The van der Waals surface area contributed by atoms with Crippen LogP contribution >= 0.6 is 0 Å². The topological polar surface area (TPSA) is 46.5 Å². The Hall–Kier alpha value is -1.77. The number of ether oxygens (including phenoxy) is 1. The second-order valence-corrected chi connectivity index (χ2v) is 4.08. The van der Waals surface area contributed by atoms with Crippen molar-refractivity contribution >= 4 is 5.97 Å². The van der Waals surface area contributed by atoms with E-state index in [4.69, 9.17) is 0 Å². The van der Waals surface area contributed by atoms with Gasteiger partial charge in [0.1, 0.15) is 5.75 Å². The first kappa shape index (κ1) is 13.3. The Balaban J connectivity index is 2.81. The Bertz CT molecular complexity index is 410. The van der Waals surface area contributed by atoms with Crippen molar-refractivity contribution in [1.29, 1.82) is 0 Å². The lowest BCUT2D eigenvalue weighted by molar-refractivity contribution is -0.144. The largest absolute Gasteiger partial charge is 0.508 e. The van der Waals surface area contributed by atoms with E-state index in [1.54, 1.807) is 12.1 Å². The van der Waals surface area contributed by atoms with E-state index in [2.05, 4.69) is 11.3 Å². The van der Waals surface area contributed by atoms with E-state index in [0.717, 1.165) is 11.1 Å². The third-order valence-electron chi connectivity index (χ3n) is 2.65. The van der Waals surface area contributed by atoms with Crippen LogP contribution in [0.5, 0.6) is 5.75 Å². The fraction of sp³-hybridized carbons (Fsp3) is 0.357. The van der Waals surface area contributed by atoms with Crippen molar-refractivity contribution in [3.63, 3.8) is 0 Å². The summed E-state index contributed by atoms with van der Waals surface area (Å²) in [6, 6.07) is 5.37. The summed E-state index contributed by atoms with van der Waals surface area (Å²) in [7, 11) is 1.39. The molecule has 1 rings (SSSR count). The highest BCUT2D eigenvalue weighted by Crippen LogP contribution is 2.21. The van der Waals surface area contributed by atoms with E-state index in [0.29, 0.717) is 12.8 Å². The van der Waals surface area contributed by atoms with Gasteiger partial charge in [-0.2, -0.15) is 0 Å². The first-order valence-corrected chi connectivity index (χ1v) is 5.58. The fourth-order valence-electron chi connectivity index (χ4n) is 1.72. The molecule has 0 radical (unpaired) electrons. The molecule has 0 bridgehead atoms. The highest BCUT2D eigenvalue weighted by atomic mass is 16.5. The number of carbonyl (C=O) groups is 1. The number of methoxy groups -OCH3 is 1. The number of hydrogen-bond acceptors (Lipinski definition) is 3. The monoisotopic (exact) mass is 234 g/mol. The number of esters is 1. The number of carbonyl (C=O) groups excluding carboxylic acids is 1. The van der Waals surface area contributed by atoms with Gasteiger partial charge in [-0.3, -0.25) is 4.79 Å². The van der Waals surface area contributed by atoms with E-state index in [-0.39, 0.29) is 17.6 Å². The molecule has 1 N–H and O–H groups in total. The summed E-state index contributed by atoms with van der Waals surface area (Å²) in [6.07, 6.45) is 2.96. The molecule has 0 aliphatic rings. The second-order valence-electron chi connectivity index (χ2n) is 4.08. The lowest BCUT2D eigenvalue weighted by Crippen LogP contribution is -2.15. The van der Waals surface area contributed by atoms with Crippen LogP contribution in [0.25, 0.3) is 0 Å². The van der Waals surface area contributed by atoms with Crippen molar-refractivity contribution in [1.82, 2.24) is 0 Å². The standard InChI is InChI=1S/C14H18O3/c1-4-5-12-9-11(6-7-13(12)15)8-10(2)14(16)17-3/h4,6-7,9-10,15H,1,5,8H2,2-3H3. The number of rotatable bonds is 5. The van der Waals surface area contributed by atoms with Crippen LogP contribution in [0.4, 0.5) is 0 Å². The van der Waals surface area contributed by atoms with Gasteiger partial charge in [-0.1, -0.05) is 25.1 Å². The SMILES string of the molecule is C=CCc1cc(CC(C)C(=O)OC)ccc1O. The van der Waals surface area contributed by atoms with Gasteiger partial charge in [-0.15, -0.1) is 6.58 Å². The minimum absolute atomic E-state index is 0.180. The molecular weight excluding hydrogens is 216 g/mol. The molecular formula is C14H18O3. The predicted octanol–water partition coefficient (Wildman–Crippen LogP) is 2.47. The second kappa shape index (κ2) is 6.09. The van der Waals surface area contributed by atoms with Crippen molar-refractivity contribution in [2.24, 2.45) is 5.92 Å². The number of allylic oxidation sites excluding steroid dienone is 1. The molecule has 0 aliphatic carbocycles. The van der Waals surface area contributed by atoms with Crippen molar-refractivity contribution in [3.8, 4) is 5.75 Å². The number of aromatic hydroxyl groups is 1. The molecule has 1 atom stereocenters. The van der Waals surface area contributed by atoms with Gasteiger partial charge in [-0.25, -0.2) is 0 Å². The smallest absolute Gasteiger partial charge is 0.308 e. The van der Waals surface area contributed by atoms with Crippen LogP contribution in [0.3, 0.4) is 0 Å².